The lowest BCUT2D eigenvalue weighted by atomic mass is 10.2. The summed E-state index contributed by atoms with van der Waals surface area (Å²) in [7, 11) is 1.74. The molecule has 3 N–H and O–H groups in total. The lowest BCUT2D eigenvalue weighted by molar-refractivity contribution is 0.0697. The van der Waals surface area contributed by atoms with Gasteiger partial charge >= 0.3 is 5.97 Å². The number of carboxylic acid groups (broad SMARTS) is 1. The zero-order chi connectivity index (χ0) is 12.4. The van der Waals surface area contributed by atoms with E-state index in [1.807, 2.05) is 0 Å². The Morgan fingerprint density at radius 1 is 1.53 bits per heavy atom. The minimum absolute atomic E-state index is 0.0427. The van der Waals surface area contributed by atoms with E-state index in [2.05, 4.69) is 10.1 Å². The number of hydrogen-bond acceptors (Lipinski definition) is 5. The molecule has 7 nitrogen and oxygen atoms in total. The summed E-state index contributed by atoms with van der Waals surface area (Å²) in [5, 5.41) is 12.8. The summed E-state index contributed by atoms with van der Waals surface area (Å²) in [6, 6.07) is 1.27. The van der Waals surface area contributed by atoms with Crippen molar-refractivity contribution in [2.75, 3.05) is 5.73 Å². The van der Waals surface area contributed by atoms with Crippen molar-refractivity contribution in [1.82, 2.24) is 14.8 Å². The highest BCUT2D eigenvalue weighted by molar-refractivity contribution is 5.93. The van der Waals surface area contributed by atoms with Crippen LogP contribution in [0.25, 0.3) is 0 Å². The van der Waals surface area contributed by atoms with E-state index in [1.165, 1.54) is 18.5 Å². The topological polar surface area (TPSA) is 103 Å². The maximum absolute atomic E-state index is 10.9. The van der Waals surface area contributed by atoms with Crippen molar-refractivity contribution in [3.8, 4) is 11.6 Å². The number of carboxylic acids is 1. The second-order valence-electron chi connectivity index (χ2n) is 3.37. The van der Waals surface area contributed by atoms with E-state index in [0.29, 0.717) is 5.75 Å². The Kier molecular flexibility index (Phi) is 2.65. The van der Waals surface area contributed by atoms with Gasteiger partial charge in [-0.1, -0.05) is 0 Å². The predicted octanol–water partition coefficient (Wildman–Crippen LogP) is 0.888. The number of anilines is 1. The predicted molar refractivity (Wildman–Crippen MR) is 58.9 cm³/mol. The molecule has 17 heavy (non-hydrogen) atoms. The molecule has 0 radical (unpaired) electrons. The summed E-state index contributed by atoms with van der Waals surface area (Å²) in [5.74, 6) is -0.494. The molecule has 0 aliphatic heterocycles. The van der Waals surface area contributed by atoms with Crippen molar-refractivity contribution in [3.05, 3.63) is 30.2 Å². The van der Waals surface area contributed by atoms with Crippen LogP contribution in [0.1, 0.15) is 10.4 Å². The largest absolute Gasteiger partial charge is 0.478 e. The number of nitrogen functional groups attached to an aromatic ring is 1. The van der Waals surface area contributed by atoms with Crippen molar-refractivity contribution in [2.24, 2.45) is 7.05 Å². The summed E-state index contributed by atoms with van der Waals surface area (Å²) >= 11 is 0. The van der Waals surface area contributed by atoms with Gasteiger partial charge in [0.1, 0.15) is 0 Å². The second kappa shape index (κ2) is 4.12. The summed E-state index contributed by atoms with van der Waals surface area (Å²) in [6.45, 7) is 0. The lowest BCUT2D eigenvalue weighted by Gasteiger charge is -2.04. The van der Waals surface area contributed by atoms with E-state index >= 15 is 0 Å². The number of nitrogens with zero attached hydrogens (tertiary/aromatic N) is 3. The van der Waals surface area contributed by atoms with Gasteiger partial charge in [0.25, 0.3) is 0 Å². The molecule has 0 aromatic carbocycles. The molecule has 2 heterocycles. The van der Waals surface area contributed by atoms with E-state index in [4.69, 9.17) is 15.6 Å². The van der Waals surface area contributed by atoms with Gasteiger partial charge in [-0.25, -0.2) is 9.78 Å². The molecule has 0 spiro atoms. The van der Waals surface area contributed by atoms with Gasteiger partial charge in [-0.05, 0) is 0 Å². The summed E-state index contributed by atoms with van der Waals surface area (Å²) in [4.78, 5) is 14.7. The van der Waals surface area contributed by atoms with Gasteiger partial charge in [-0.2, -0.15) is 5.10 Å². The first-order valence-electron chi connectivity index (χ1n) is 4.71. The number of aryl methyl sites for hydroxylation is 1. The first-order chi connectivity index (χ1) is 8.06. The molecule has 0 fully saturated rings. The Labute approximate surface area is 96.5 Å². The number of ether oxygens (including phenoxy) is 1. The molecule has 7 heteroatoms. The van der Waals surface area contributed by atoms with Gasteiger partial charge in [-0.15, -0.1) is 0 Å². The van der Waals surface area contributed by atoms with Crippen molar-refractivity contribution < 1.29 is 14.6 Å². The van der Waals surface area contributed by atoms with Crippen LogP contribution in [0.4, 0.5) is 5.69 Å². The number of carbonyl (C=O) groups is 1. The minimum atomic E-state index is -1.12. The van der Waals surface area contributed by atoms with Gasteiger partial charge < -0.3 is 15.6 Å². The van der Waals surface area contributed by atoms with E-state index in [0.717, 1.165) is 0 Å². The minimum Gasteiger partial charge on any atom is -0.478 e. The van der Waals surface area contributed by atoms with Crippen LogP contribution in [0, 0.1) is 0 Å². The van der Waals surface area contributed by atoms with Gasteiger partial charge in [0.15, 0.2) is 5.75 Å². The average Bonchev–Trinajstić information content (AvgIpc) is 2.66. The molecule has 0 unspecified atom stereocenters. The van der Waals surface area contributed by atoms with Gasteiger partial charge in [0.05, 0.1) is 29.8 Å². The van der Waals surface area contributed by atoms with E-state index in [-0.39, 0.29) is 17.1 Å². The second-order valence-corrected chi connectivity index (χ2v) is 3.37. The van der Waals surface area contributed by atoms with Crippen LogP contribution in [0.3, 0.4) is 0 Å². The maximum atomic E-state index is 10.9. The molecule has 88 valence electrons. The molecule has 0 amide bonds. The fraction of sp³-hybridized carbons (Fsp3) is 0.100. The smallest absolute Gasteiger partial charge is 0.338 e. The van der Waals surface area contributed by atoms with Crippen molar-refractivity contribution >= 4 is 11.7 Å². The van der Waals surface area contributed by atoms with E-state index in [9.17, 15) is 4.79 Å². The molecule has 2 aromatic rings. The third-order valence-corrected chi connectivity index (χ3v) is 2.04. The quantitative estimate of drug-likeness (QED) is 0.817. The third kappa shape index (κ3) is 2.33. The highest BCUT2D eigenvalue weighted by atomic mass is 16.5. The number of hydrogen-bond donors (Lipinski definition) is 2. The average molecular weight is 234 g/mol. The molecule has 2 aromatic heterocycles. The number of aromatic carboxylic acids is 1. The molecule has 0 aliphatic rings. The van der Waals surface area contributed by atoms with Crippen LogP contribution in [-0.2, 0) is 7.05 Å². The van der Waals surface area contributed by atoms with Crippen LogP contribution >= 0.6 is 0 Å². The Hall–Kier alpha value is -2.57. The third-order valence-electron chi connectivity index (χ3n) is 2.04. The zero-order valence-corrected chi connectivity index (χ0v) is 8.99. The normalized spacial score (nSPS) is 10.2. The Morgan fingerprint density at radius 3 is 2.88 bits per heavy atom. The molecule has 0 saturated heterocycles. The van der Waals surface area contributed by atoms with Crippen LogP contribution in [0.2, 0.25) is 0 Å². The molecule has 0 bridgehead atoms. The lowest BCUT2D eigenvalue weighted by Crippen LogP contribution is -2.03. The number of aromatic nitrogens is 3. The van der Waals surface area contributed by atoms with Gasteiger partial charge in [-0.3, -0.25) is 4.68 Å². The van der Waals surface area contributed by atoms with E-state index in [1.54, 1.807) is 17.9 Å². The first-order valence-corrected chi connectivity index (χ1v) is 4.71. The van der Waals surface area contributed by atoms with E-state index < -0.39 is 5.97 Å². The van der Waals surface area contributed by atoms with Crippen LogP contribution in [0.15, 0.2) is 24.7 Å². The fourth-order valence-corrected chi connectivity index (χ4v) is 1.26. The van der Waals surface area contributed by atoms with Crippen molar-refractivity contribution in [1.29, 1.82) is 0 Å². The number of pyridine rings is 1. The summed E-state index contributed by atoms with van der Waals surface area (Å²) < 4.78 is 6.89. The Bertz CT molecular complexity index is 564. The van der Waals surface area contributed by atoms with Gasteiger partial charge in [0.2, 0.25) is 5.88 Å². The standard InChI is InChI=1S/C10H10N4O3/c1-14-5-6(3-13-14)17-9-2-7(10(15)16)8(11)4-12-9/h2-5H,11H2,1H3,(H,15,16). The molecular formula is C10H10N4O3. The molecule has 0 saturated carbocycles. The molecule has 0 atom stereocenters. The summed E-state index contributed by atoms with van der Waals surface area (Å²) in [6.07, 6.45) is 4.38. The SMILES string of the molecule is Cn1cc(Oc2cc(C(=O)O)c(N)cn2)cn1. The fourth-order valence-electron chi connectivity index (χ4n) is 1.26. The monoisotopic (exact) mass is 234 g/mol. The Morgan fingerprint density at radius 2 is 2.29 bits per heavy atom. The first kappa shape index (κ1) is 10.9. The number of rotatable bonds is 3. The zero-order valence-electron chi connectivity index (χ0n) is 8.99. The maximum Gasteiger partial charge on any atom is 0.338 e. The van der Waals surface area contributed by atoms with Crippen molar-refractivity contribution in [3.63, 3.8) is 0 Å². The molecular weight excluding hydrogens is 224 g/mol. The van der Waals surface area contributed by atoms with Crippen LogP contribution in [0.5, 0.6) is 11.6 Å². The highest BCUT2D eigenvalue weighted by Gasteiger charge is 2.11. The number of nitrogens with two attached hydrogens (primary N) is 1. The van der Waals surface area contributed by atoms with Gasteiger partial charge in [0, 0.05) is 13.1 Å². The van der Waals surface area contributed by atoms with Crippen LogP contribution < -0.4 is 10.5 Å². The highest BCUT2D eigenvalue weighted by Crippen LogP contribution is 2.21. The van der Waals surface area contributed by atoms with Crippen LogP contribution in [-0.4, -0.2) is 25.8 Å². The molecule has 0 aliphatic carbocycles. The summed E-state index contributed by atoms with van der Waals surface area (Å²) in [5.41, 5.74) is 5.52. The van der Waals surface area contributed by atoms with Crippen molar-refractivity contribution in [2.45, 2.75) is 0 Å². The Balaban J connectivity index is 2.28. The molecule has 2 rings (SSSR count).